The van der Waals surface area contributed by atoms with Crippen molar-refractivity contribution in [2.24, 2.45) is 0 Å². The number of carbonyl (C=O) groups is 2. The molecular formula is C23H26N2O5. The van der Waals surface area contributed by atoms with E-state index in [2.05, 4.69) is 5.32 Å². The first-order chi connectivity index (χ1) is 14.5. The van der Waals surface area contributed by atoms with Crippen molar-refractivity contribution in [3.8, 4) is 11.5 Å². The van der Waals surface area contributed by atoms with Crippen LogP contribution in [-0.4, -0.2) is 50.2 Å². The van der Waals surface area contributed by atoms with Crippen LogP contribution < -0.4 is 14.8 Å². The Kier molecular flexibility index (Phi) is 6.74. The van der Waals surface area contributed by atoms with Gasteiger partial charge in [-0.1, -0.05) is 24.3 Å². The summed E-state index contributed by atoms with van der Waals surface area (Å²) in [4.78, 5) is 27.6. The van der Waals surface area contributed by atoms with E-state index in [9.17, 15) is 9.59 Å². The van der Waals surface area contributed by atoms with Crippen molar-refractivity contribution in [2.45, 2.75) is 20.0 Å². The van der Waals surface area contributed by atoms with Crippen molar-refractivity contribution in [2.75, 3.05) is 32.7 Å². The van der Waals surface area contributed by atoms with Crippen LogP contribution in [0.5, 0.6) is 11.5 Å². The van der Waals surface area contributed by atoms with E-state index >= 15 is 0 Å². The van der Waals surface area contributed by atoms with Gasteiger partial charge in [0.1, 0.15) is 5.70 Å². The Morgan fingerprint density at radius 3 is 2.27 bits per heavy atom. The molecule has 0 spiro atoms. The zero-order chi connectivity index (χ0) is 21.7. The summed E-state index contributed by atoms with van der Waals surface area (Å²) in [5.74, 6) is 0.251. The summed E-state index contributed by atoms with van der Waals surface area (Å²) in [6.45, 7) is 4.26. The molecule has 1 aliphatic rings. The van der Waals surface area contributed by atoms with Crippen LogP contribution in [0.2, 0.25) is 0 Å². The molecule has 0 unspecified atom stereocenters. The van der Waals surface area contributed by atoms with E-state index in [1.54, 1.807) is 25.3 Å². The number of imide groups is 1. The van der Waals surface area contributed by atoms with Gasteiger partial charge in [0, 0.05) is 5.69 Å². The first kappa shape index (κ1) is 21.4. The summed E-state index contributed by atoms with van der Waals surface area (Å²) in [5.41, 5.74) is 1.79. The topological polar surface area (TPSA) is 77.1 Å². The smallest absolute Gasteiger partial charge is 0.278 e. The molecule has 0 aliphatic carbocycles. The summed E-state index contributed by atoms with van der Waals surface area (Å²) in [5, 5.41) is 3.12. The highest BCUT2D eigenvalue weighted by Crippen LogP contribution is 2.35. The fourth-order valence-corrected chi connectivity index (χ4v) is 3.20. The second-order valence-electron chi connectivity index (χ2n) is 6.99. The van der Waals surface area contributed by atoms with Gasteiger partial charge in [0.05, 0.1) is 39.0 Å². The average molecular weight is 410 g/mol. The second-order valence-corrected chi connectivity index (χ2v) is 6.99. The first-order valence-electron chi connectivity index (χ1n) is 9.72. The van der Waals surface area contributed by atoms with Crippen molar-refractivity contribution in [1.82, 2.24) is 4.90 Å². The van der Waals surface area contributed by atoms with E-state index in [1.165, 1.54) is 12.0 Å². The molecule has 2 aromatic carbocycles. The Morgan fingerprint density at radius 1 is 0.933 bits per heavy atom. The number of rotatable bonds is 9. The van der Waals surface area contributed by atoms with Gasteiger partial charge in [-0.15, -0.1) is 0 Å². The molecule has 1 aliphatic heterocycles. The van der Waals surface area contributed by atoms with Crippen molar-refractivity contribution >= 4 is 23.1 Å². The maximum absolute atomic E-state index is 13.2. The van der Waals surface area contributed by atoms with E-state index < -0.39 is 0 Å². The predicted molar refractivity (Wildman–Crippen MR) is 114 cm³/mol. The number of nitrogens with one attached hydrogen (secondary N) is 1. The van der Waals surface area contributed by atoms with Crippen LogP contribution in [0, 0.1) is 0 Å². The standard InChI is InChI=1S/C23H26N2O5/c1-15(2)30-13-12-25-22(26)20(16-10-11-18(28-3)19(14-16)29-4)21(23(25)27)24-17-8-6-5-7-9-17/h5-11,14-15,24H,12-13H2,1-4H3. The molecule has 3 rings (SSSR count). The molecule has 7 heteroatoms. The Hall–Kier alpha value is -3.32. The zero-order valence-corrected chi connectivity index (χ0v) is 17.6. The SMILES string of the molecule is COc1ccc(C2=C(Nc3ccccc3)C(=O)N(CCOC(C)C)C2=O)cc1OC. The molecule has 158 valence electrons. The van der Waals surface area contributed by atoms with Gasteiger partial charge in [-0.25, -0.2) is 0 Å². The van der Waals surface area contributed by atoms with Gasteiger partial charge in [0.25, 0.3) is 11.8 Å². The van der Waals surface area contributed by atoms with Gasteiger partial charge in [-0.3, -0.25) is 14.5 Å². The number of ether oxygens (including phenoxy) is 3. The van der Waals surface area contributed by atoms with Crippen LogP contribution in [0.4, 0.5) is 5.69 Å². The normalized spacial score (nSPS) is 14.0. The lowest BCUT2D eigenvalue weighted by Gasteiger charge is -2.16. The Bertz CT molecular complexity index is 953. The molecule has 2 amide bonds. The number of hydrogen-bond donors (Lipinski definition) is 1. The predicted octanol–water partition coefficient (Wildman–Crippen LogP) is 3.32. The third-order valence-electron chi connectivity index (χ3n) is 4.65. The summed E-state index contributed by atoms with van der Waals surface area (Å²) in [6.07, 6.45) is 0.0120. The van der Waals surface area contributed by atoms with Crippen molar-refractivity contribution in [3.05, 3.63) is 59.8 Å². The molecule has 0 bridgehead atoms. The van der Waals surface area contributed by atoms with E-state index in [0.717, 1.165) is 0 Å². The maximum atomic E-state index is 13.2. The second kappa shape index (κ2) is 9.45. The third kappa shape index (κ3) is 4.46. The highest BCUT2D eigenvalue weighted by atomic mass is 16.5. The van der Waals surface area contributed by atoms with Gasteiger partial charge in [0.15, 0.2) is 11.5 Å². The van der Waals surface area contributed by atoms with Gasteiger partial charge >= 0.3 is 0 Å². The molecule has 0 radical (unpaired) electrons. The fraction of sp³-hybridized carbons (Fsp3) is 0.304. The van der Waals surface area contributed by atoms with E-state index in [0.29, 0.717) is 22.7 Å². The summed E-state index contributed by atoms with van der Waals surface area (Å²) in [6, 6.07) is 14.4. The first-order valence-corrected chi connectivity index (χ1v) is 9.72. The number of amides is 2. The van der Waals surface area contributed by atoms with Crippen molar-refractivity contribution < 1.29 is 23.8 Å². The van der Waals surface area contributed by atoms with E-state index in [-0.39, 0.29) is 42.3 Å². The number of para-hydroxylation sites is 1. The largest absolute Gasteiger partial charge is 0.493 e. The average Bonchev–Trinajstić information content (AvgIpc) is 2.98. The Balaban J connectivity index is 2.01. The molecule has 1 N–H and O–H groups in total. The van der Waals surface area contributed by atoms with Crippen LogP contribution in [0.3, 0.4) is 0 Å². The number of anilines is 1. The Labute approximate surface area is 176 Å². The number of nitrogens with zero attached hydrogens (tertiary/aromatic N) is 1. The van der Waals surface area contributed by atoms with Gasteiger partial charge in [-0.05, 0) is 43.7 Å². The van der Waals surface area contributed by atoms with Crippen LogP contribution >= 0.6 is 0 Å². The number of benzene rings is 2. The fourth-order valence-electron chi connectivity index (χ4n) is 3.20. The summed E-state index contributed by atoms with van der Waals surface area (Å²) < 4.78 is 16.2. The summed E-state index contributed by atoms with van der Waals surface area (Å²) >= 11 is 0. The highest BCUT2D eigenvalue weighted by Gasteiger charge is 2.39. The lowest BCUT2D eigenvalue weighted by Crippen LogP contribution is -2.35. The van der Waals surface area contributed by atoms with Crippen LogP contribution in [0.1, 0.15) is 19.4 Å². The molecule has 0 atom stereocenters. The molecule has 7 nitrogen and oxygen atoms in total. The van der Waals surface area contributed by atoms with Crippen LogP contribution in [0.25, 0.3) is 5.57 Å². The lowest BCUT2D eigenvalue weighted by atomic mass is 10.0. The van der Waals surface area contributed by atoms with Crippen molar-refractivity contribution in [1.29, 1.82) is 0 Å². The van der Waals surface area contributed by atoms with Crippen LogP contribution in [-0.2, 0) is 14.3 Å². The minimum atomic E-state index is -0.388. The van der Waals surface area contributed by atoms with Gasteiger partial charge in [0.2, 0.25) is 0 Å². The molecule has 0 aromatic heterocycles. The van der Waals surface area contributed by atoms with Gasteiger partial charge in [-0.2, -0.15) is 0 Å². The van der Waals surface area contributed by atoms with E-state index in [4.69, 9.17) is 14.2 Å². The quantitative estimate of drug-likeness (QED) is 0.639. The molecule has 0 saturated heterocycles. The minimum Gasteiger partial charge on any atom is -0.493 e. The molecule has 0 fully saturated rings. The number of hydrogen-bond acceptors (Lipinski definition) is 6. The monoisotopic (exact) mass is 410 g/mol. The molecule has 0 saturated carbocycles. The van der Waals surface area contributed by atoms with Crippen LogP contribution in [0.15, 0.2) is 54.2 Å². The molecule has 30 heavy (non-hydrogen) atoms. The molecular weight excluding hydrogens is 384 g/mol. The van der Waals surface area contributed by atoms with Crippen molar-refractivity contribution in [3.63, 3.8) is 0 Å². The molecule has 2 aromatic rings. The molecule has 1 heterocycles. The number of carbonyl (C=O) groups excluding carboxylic acids is 2. The van der Waals surface area contributed by atoms with Gasteiger partial charge < -0.3 is 19.5 Å². The zero-order valence-electron chi connectivity index (χ0n) is 17.6. The Morgan fingerprint density at radius 2 is 1.63 bits per heavy atom. The third-order valence-corrected chi connectivity index (χ3v) is 4.65. The number of methoxy groups -OCH3 is 2. The lowest BCUT2D eigenvalue weighted by molar-refractivity contribution is -0.137. The highest BCUT2D eigenvalue weighted by molar-refractivity contribution is 6.36. The summed E-state index contributed by atoms with van der Waals surface area (Å²) in [7, 11) is 3.07. The van der Waals surface area contributed by atoms with E-state index in [1.807, 2.05) is 44.2 Å². The maximum Gasteiger partial charge on any atom is 0.278 e. The minimum absolute atomic E-state index is 0.0120.